The summed E-state index contributed by atoms with van der Waals surface area (Å²) in [5.41, 5.74) is 3.53. The van der Waals surface area contributed by atoms with Gasteiger partial charge in [-0.15, -0.1) is 10.2 Å². The van der Waals surface area contributed by atoms with Crippen LogP contribution in [0.2, 0.25) is 0 Å². The molecule has 2 aromatic heterocycles. The van der Waals surface area contributed by atoms with Gasteiger partial charge in [-0.05, 0) is 24.1 Å². The first-order valence-corrected chi connectivity index (χ1v) is 9.19. The molecule has 0 radical (unpaired) electrons. The number of pyridine rings is 1. The highest BCUT2D eigenvalue weighted by Gasteiger charge is 2.11. The molecule has 0 N–H and O–H groups in total. The van der Waals surface area contributed by atoms with E-state index < -0.39 is 0 Å². The number of aryl methyl sites for hydroxylation is 1. The Morgan fingerprint density at radius 1 is 0.920 bits per heavy atom. The lowest BCUT2D eigenvalue weighted by Gasteiger charge is -2.09. The molecule has 0 saturated heterocycles. The van der Waals surface area contributed by atoms with Crippen molar-refractivity contribution in [3.05, 3.63) is 83.8 Å². The monoisotopic (exact) mass is 346 g/mol. The van der Waals surface area contributed by atoms with E-state index in [4.69, 9.17) is 0 Å². The van der Waals surface area contributed by atoms with Gasteiger partial charge in [-0.1, -0.05) is 66.4 Å². The van der Waals surface area contributed by atoms with Gasteiger partial charge in [-0.3, -0.25) is 4.98 Å². The zero-order valence-electron chi connectivity index (χ0n) is 14.0. The highest BCUT2D eigenvalue weighted by atomic mass is 32.2. The largest absolute Gasteiger partial charge is 0.302 e. The van der Waals surface area contributed by atoms with Crippen molar-refractivity contribution in [1.82, 2.24) is 19.7 Å². The number of hydrogen-bond donors (Lipinski definition) is 0. The number of nitrogens with zero attached hydrogens (tertiary/aromatic N) is 4. The summed E-state index contributed by atoms with van der Waals surface area (Å²) >= 11 is 1.70. The summed E-state index contributed by atoms with van der Waals surface area (Å²) in [7, 11) is 0. The van der Waals surface area contributed by atoms with Crippen molar-refractivity contribution < 1.29 is 0 Å². The third-order valence-electron chi connectivity index (χ3n) is 4.16. The molecular formula is C20H18N4S. The van der Waals surface area contributed by atoms with Crippen LogP contribution in [0.15, 0.2) is 72.0 Å². The Labute approximate surface area is 150 Å². The van der Waals surface area contributed by atoms with Crippen LogP contribution >= 0.6 is 11.8 Å². The van der Waals surface area contributed by atoms with Gasteiger partial charge >= 0.3 is 0 Å². The average molecular weight is 346 g/mol. The number of fused-ring (bicyclic) bond motifs is 1. The highest BCUT2D eigenvalue weighted by Crippen LogP contribution is 2.26. The van der Waals surface area contributed by atoms with E-state index in [1.165, 1.54) is 16.5 Å². The summed E-state index contributed by atoms with van der Waals surface area (Å²) in [5, 5.41) is 10.7. The van der Waals surface area contributed by atoms with Gasteiger partial charge in [0.25, 0.3) is 0 Å². The van der Waals surface area contributed by atoms with Gasteiger partial charge in [0.05, 0.1) is 12.1 Å². The molecule has 0 aliphatic heterocycles. The van der Waals surface area contributed by atoms with Crippen LogP contribution in [-0.2, 0) is 12.3 Å². The van der Waals surface area contributed by atoms with Gasteiger partial charge in [0.1, 0.15) is 5.82 Å². The Hall–Kier alpha value is -2.66. The highest BCUT2D eigenvalue weighted by molar-refractivity contribution is 7.98. The minimum Gasteiger partial charge on any atom is -0.302 e. The fraction of sp³-hybridized carbons (Fsp3) is 0.150. The molecular weight excluding hydrogens is 328 g/mol. The van der Waals surface area contributed by atoms with E-state index in [1.807, 2.05) is 25.3 Å². The van der Waals surface area contributed by atoms with Gasteiger partial charge in [-0.25, -0.2) is 0 Å². The lowest BCUT2D eigenvalue weighted by atomic mass is 10.1. The fourth-order valence-corrected chi connectivity index (χ4v) is 3.81. The van der Waals surface area contributed by atoms with Gasteiger partial charge in [-0.2, -0.15) is 0 Å². The molecule has 25 heavy (non-hydrogen) atoms. The predicted octanol–water partition coefficient (Wildman–Crippen LogP) is 4.48. The van der Waals surface area contributed by atoms with Gasteiger partial charge in [0, 0.05) is 17.3 Å². The maximum Gasteiger partial charge on any atom is 0.191 e. The Kier molecular flexibility index (Phi) is 4.48. The second-order valence-electron chi connectivity index (χ2n) is 5.88. The number of thioether (sulfide) groups is 1. The van der Waals surface area contributed by atoms with Crippen molar-refractivity contribution in [1.29, 1.82) is 0 Å². The molecule has 0 unspecified atom stereocenters. The molecule has 4 rings (SSSR count). The van der Waals surface area contributed by atoms with Gasteiger partial charge < -0.3 is 4.57 Å². The van der Waals surface area contributed by atoms with Crippen LogP contribution in [0.3, 0.4) is 0 Å². The van der Waals surface area contributed by atoms with Gasteiger partial charge in [0.2, 0.25) is 0 Å². The van der Waals surface area contributed by atoms with E-state index in [0.717, 1.165) is 28.8 Å². The number of benzene rings is 2. The van der Waals surface area contributed by atoms with E-state index in [1.54, 1.807) is 11.8 Å². The number of para-hydroxylation sites is 1. The SMILES string of the molecule is Cc1nnc(SCc2cccc3cccnc23)n1Cc1ccccc1. The Morgan fingerprint density at radius 2 is 1.76 bits per heavy atom. The average Bonchev–Trinajstić information content (AvgIpc) is 3.01. The fourth-order valence-electron chi connectivity index (χ4n) is 2.84. The summed E-state index contributed by atoms with van der Waals surface area (Å²) in [6.45, 7) is 2.79. The van der Waals surface area contributed by atoms with Crippen LogP contribution in [-0.4, -0.2) is 19.7 Å². The van der Waals surface area contributed by atoms with Crippen molar-refractivity contribution >= 4 is 22.7 Å². The third kappa shape index (κ3) is 3.42. The first kappa shape index (κ1) is 15.8. The molecule has 5 heteroatoms. The van der Waals surface area contributed by atoms with Crippen molar-refractivity contribution in [2.24, 2.45) is 0 Å². The second-order valence-corrected chi connectivity index (χ2v) is 6.82. The van der Waals surface area contributed by atoms with Crippen LogP contribution in [0.1, 0.15) is 17.0 Å². The Bertz CT molecular complexity index is 990. The molecule has 2 heterocycles. The normalized spacial score (nSPS) is 11.1. The molecule has 0 aliphatic carbocycles. The molecule has 124 valence electrons. The van der Waals surface area contributed by atoms with E-state index in [0.29, 0.717) is 0 Å². The molecule has 0 amide bonds. The molecule has 4 nitrogen and oxygen atoms in total. The number of aromatic nitrogens is 4. The first-order valence-electron chi connectivity index (χ1n) is 8.20. The Balaban J connectivity index is 1.57. The number of rotatable bonds is 5. The van der Waals surface area contributed by atoms with Crippen LogP contribution in [0.25, 0.3) is 10.9 Å². The van der Waals surface area contributed by atoms with Crippen molar-refractivity contribution in [2.75, 3.05) is 0 Å². The predicted molar refractivity (Wildman–Crippen MR) is 102 cm³/mol. The third-order valence-corrected chi connectivity index (χ3v) is 5.17. The molecule has 0 fully saturated rings. The molecule has 0 spiro atoms. The van der Waals surface area contributed by atoms with Crippen LogP contribution in [0.5, 0.6) is 0 Å². The van der Waals surface area contributed by atoms with E-state index >= 15 is 0 Å². The second kappa shape index (κ2) is 7.07. The standard InChI is InChI=1S/C20H18N4S/c1-15-22-23-20(24(15)13-16-7-3-2-4-8-16)25-14-18-10-5-9-17-11-6-12-21-19(17)18/h2-12H,13-14H2,1H3. The van der Waals surface area contributed by atoms with Crippen LogP contribution in [0, 0.1) is 6.92 Å². The first-order chi connectivity index (χ1) is 12.3. The zero-order valence-corrected chi connectivity index (χ0v) is 14.8. The van der Waals surface area contributed by atoms with Crippen molar-refractivity contribution in [3.63, 3.8) is 0 Å². The van der Waals surface area contributed by atoms with Crippen molar-refractivity contribution in [2.45, 2.75) is 24.4 Å². The van der Waals surface area contributed by atoms with E-state index in [-0.39, 0.29) is 0 Å². The lowest BCUT2D eigenvalue weighted by molar-refractivity contribution is 0.688. The van der Waals surface area contributed by atoms with Gasteiger partial charge in [0.15, 0.2) is 5.16 Å². The Morgan fingerprint density at radius 3 is 2.64 bits per heavy atom. The summed E-state index contributed by atoms with van der Waals surface area (Å²) in [6.07, 6.45) is 1.85. The number of hydrogen-bond acceptors (Lipinski definition) is 4. The molecule has 4 aromatic rings. The molecule has 0 bridgehead atoms. The molecule has 0 saturated carbocycles. The zero-order chi connectivity index (χ0) is 17.1. The maximum absolute atomic E-state index is 4.53. The summed E-state index contributed by atoms with van der Waals surface area (Å²) < 4.78 is 2.17. The van der Waals surface area contributed by atoms with E-state index in [9.17, 15) is 0 Å². The molecule has 0 aliphatic rings. The van der Waals surface area contributed by atoms with Crippen molar-refractivity contribution in [3.8, 4) is 0 Å². The summed E-state index contributed by atoms with van der Waals surface area (Å²) in [5.74, 6) is 1.75. The quantitative estimate of drug-likeness (QED) is 0.500. The summed E-state index contributed by atoms with van der Waals surface area (Å²) in [6, 6.07) is 20.8. The summed E-state index contributed by atoms with van der Waals surface area (Å²) in [4.78, 5) is 4.53. The minimum atomic E-state index is 0.787. The topological polar surface area (TPSA) is 43.6 Å². The molecule has 0 atom stereocenters. The maximum atomic E-state index is 4.53. The van der Waals surface area contributed by atoms with Crippen LogP contribution in [0.4, 0.5) is 0 Å². The lowest BCUT2D eigenvalue weighted by Crippen LogP contribution is -2.04. The van der Waals surface area contributed by atoms with E-state index in [2.05, 4.69) is 68.3 Å². The molecule has 2 aromatic carbocycles. The smallest absolute Gasteiger partial charge is 0.191 e. The minimum absolute atomic E-state index is 0.787. The van der Waals surface area contributed by atoms with Crippen LogP contribution < -0.4 is 0 Å².